The van der Waals surface area contributed by atoms with Crippen LogP contribution < -0.4 is 10.6 Å². The average Bonchev–Trinajstić information content (AvgIpc) is 2.38. The lowest BCUT2D eigenvalue weighted by Crippen LogP contribution is -2.30. The van der Waals surface area contributed by atoms with Crippen LogP contribution >= 0.6 is 11.6 Å². The normalized spacial score (nSPS) is 11.8. The van der Waals surface area contributed by atoms with Gasteiger partial charge in [0.05, 0.1) is 10.9 Å². The van der Waals surface area contributed by atoms with Crippen molar-refractivity contribution in [1.29, 1.82) is 0 Å². The summed E-state index contributed by atoms with van der Waals surface area (Å²) in [5.74, 6) is -1.84. The van der Waals surface area contributed by atoms with E-state index in [9.17, 15) is 14.0 Å². The van der Waals surface area contributed by atoms with Crippen LogP contribution in [0.3, 0.4) is 0 Å². The molecule has 0 aliphatic heterocycles. The van der Waals surface area contributed by atoms with Crippen molar-refractivity contribution in [3.05, 3.63) is 29.0 Å². The maximum Gasteiger partial charge on any atom is 0.319 e. The number of hydrogen-bond donors (Lipinski definition) is 3. The summed E-state index contributed by atoms with van der Waals surface area (Å²) in [6, 6.07) is 3.42. The Hall–Kier alpha value is -1.82. The van der Waals surface area contributed by atoms with Gasteiger partial charge in [0.15, 0.2) is 0 Å². The van der Waals surface area contributed by atoms with E-state index < -0.39 is 23.7 Å². The molecule has 0 fully saturated rings. The number of rotatable bonds is 6. The number of aliphatic carboxylic acids is 1. The number of anilines is 1. The van der Waals surface area contributed by atoms with Gasteiger partial charge in [-0.1, -0.05) is 18.5 Å². The zero-order valence-corrected chi connectivity index (χ0v) is 11.7. The monoisotopic (exact) mass is 302 g/mol. The maximum absolute atomic E-state index is 12.9. The van der Waals surface area contributed by atoms with E-state index in [0.717, 1.165) is 6.07 Å². The largest absolute Gasteiger partial charge is 0.481 e. The maximum atomic E-state index is 12.9. The summed E-state index contributed by atoms with van der Waals surface area (Å²) in [7, 11) is 0. The fourth-order valence-corrected chi connectivity index (χ4v) is 1.66. The Balaban J connectivity index is 2.30. The van der Waals surface area contributed by atoms with Crippen molar-refractivity contribution in [3.63, 3.8) is 0 Å². The van der Waals surface area contributed by atoms with Gasteiger partial charge in [-0.3, -0.25) is 4.79 Å². The van der Waals surface area contributed by atoms with Gasteiger partial charge in [0.25, 0.3) is 0 Å². The molecular formula is C13H16ClFN2O3. The second-order valence-electron chi connectivity index (χ2n) is 4.39. The molecule has 7 heteroatoms. The predicted molar refractivity (Wildman–Crippen MR) is 74.5 cm³/mol. The highest BCUT2D eigenvalue weighted by Crippen LogP contribution is 2.19. The van der Waals surface area contributed by atoms with Crippen molar-refractivity contribution in [2.45, 2.75) is 19.8 Å². The molecule has 0 aromatic heterocycles. The standard InChI is InChI=1S/C13H16ClFN2O3/c1-8(12(18)19)3-2-6-16-13(20)17-9-4-5-11(15)10(14)7-9/h4-5,7-8H,2-3,6H2,1H3,(H,18,19)(H2,16,17,20). The summed E-state index contributed by atoms with van der Waals surface area (Å²) in [4.78, 5) is 22.1. The van der Waals surface area contributed by atoms with E-state index >= 15 is 0 Å². The molecule has 0 radical (unpaired) electrons. The minimum atomic E-state index is -0.851. The van der Waals surface area contributed by atoms with E-state index in [1.807, 2.05) is 0 Å². The van der Waals surface area contributed by atoms with Crippen LogP contribution in [0.25, 0.3) is 0 Å². The first-order chi connectivity index (χ1) is 9.40. The van der Waals surface area contributed by atoms with Gasteiger partial charge in [-0.05, 0) is 31.0 Å². The quantitative estimate of drug-likeness (QED) is 0.707. The number of benzene rings is 1. The summed E-state index contributed by atoms with van der Waals surface area (Å²) >= 11 is 5.59. The summed E-state index contributed by atoms with van der Waals surface area (Å²) in [5, 5.41) is 13.7. The first kappa shape index (κ1) is 16.2. The van der Waals surface area contributed by atoms with Crippen molar-refractivity contribution < 1.29 is 19.1 Å². The molecule has 2 amide bonds. The van der Waals surface area contributed by atoms with Gasteiger partial charge in [0.1, 0.15) is 5.82 Å². The average molecular weight is 303 g/mol. The second-order valence-corrected chi connectivity index (χ2v) is 4.80. The van der Waals surface area contributed by atoms with Gasteiger partial charge in [-0.2, -0.15) is 0 Å². The molecule has 0 aliphatic rings. The molecule has 0 spiro atoms. The zero-order valence-electron chi connectivity index (χ0n) is 11.0. The van der Waals surface area contributed by atoms with E-state index in [2.05, 4.69) is 10.6 Å². The topological polar surface area (TPSA) is 78.4 Å². The highest BCUT2D eigenvalue weighted by Gasteiger charge is 2.10. The number of amides is 2. The van der Waals surface area contributed by atoms with Gasteiger partial charge in [0.2, 0.25) is 0 Å². The van der Waals surface area contributed by atoms with E-state index in [4.69, 9.17) is 16.7 Å². The van der Waals surface area contributed by atoms with Gasteiger partial charge >= 0.3 is 12.0 Å². The smallest absolute Gasteiger partial charge is 0.319 e. The van der Waals surface area contributed by atoms with Gasteiger partial charge in [0, 0.05) is 12.2 Å². The first-order valence-electron chi connectivity index (χ1n) is 6.13. The zero-order chi connectivity index (χ0) is 15.1. The Labute approximate surface area is 121 Å². The number of carboxylic acids is 1. The highest BCUT2D eigenvalue weighted by molar-refractivity contribution is 6.31. The van der Waals surface area contributed by atoms with Crippen molar-refractivity contribution >= 4 is 29.3 Å². The van der Waals surface area contributed by atoms with Gasteiger partial charge in [-0.25, -0.2) is 9.18 Å². The molecule has 1 atom stereocenters. The Bertz CT molecular complexity index is 497. The third kappa shape index (κ3) is 5.44. The molecule has 0 saturated carbocycles. The fraction of sp³-hybridized carbons (Fsp3) is 0.385. The third-order valence-corrected chi connectivity index (χ3v) is 2.99. The molecule has 5 nitrogen and oxygen atoms in total. The predicted octanol–water partition coefficient (Wildman–Crippen LogP) is 3.10. The van der Waals surface area contributed by atoms with Crippen molar-refractivity contribution in [2.24, 2.45) is 5.92 Å². The fourth-order valence-electron chi connectivity index (χ4n) is 1.48. The number of hydrogen-bond acceptors (Lipinski definition) is 2. The van der Waals surface area contributed by atoms with Crippen LogP contribution in [0.4, 0.5) is 14.9 Å². The molecule has 1 aromatic carbocycles. The van der Waals surface area contributed by atoms with Crippen LogP contribution in [-0.2, 0) is 4.79 Å². The summed E-state index contributed by atoms with van der Waals surface area (Å²) < 4.78 is 12.9. The summed E-state index contributed by atoms with van der Waals surface area (Å²) in [5.41, 5.74) is 0.382. The number of carbonyl (C=O) groups excluding carboxylic acids is 1. The number of carboxylic acid groups (broad SMARTS) is 1. The number of carbonyl (C=O) groups is 2. The summed E-state index contributed by atoms with van der Waals surface area (Å²) in [6.45, 7) is 1.97. The Morgan fingerprint density at radius 1 is 1.45 bits per heavy atom. The number of nitrogens with one attached hydrogen (secondary N) is 2. The Morgan fingerprint density at radius 2 is 2.15 bits per heavy atom. The lowest BCUT2D eigenvalue weighted by molar-refractivity contribution is -0.141. The van der Waals surface area contributed by atoms with Crippen LogP contribution in [0.1, 0.15) is 19.8 Å². The lowest BCUT2D eigenvalue weighted by atomic mass is 10.1. The van der Waals surface area contributed by atoms with E-state index in [1.165, 1.54) is 12.1 Å². The van der Waals surface area contributed by atoms with Crippen LogP contribution in [0.2, 0.25) is 5.02 Å². The number of urea groups is 1. The summed E-state index contributed by atoms with van der Waals surface area (Å²) in [6.07, 6.45) is 1.04. The van der Waals surface area contributed by atoms with Gasteiger partial charge < -0.3 is 15.7 Å². The minimum absolute atomic E-state index is 0.0712. The van der Waals surface area contributed by atoms with Crippen LogP contribution in [-0.4, -0.2) is 23.7 Å². The Kier molecular flexibility index (Phi) is 6.24. The minimum Gasteiger partial charge on any atom is -0.481 e. The van der Waals surface area contributed by atoms with Crippen molar-refractivity contribution in [3.8, 4) is 0 Å². The van der Waals surface area contributed by atoms with E-state index in [1.54, 1.807) is 6.92 Å². The molecule has 1 aromatic rings. The van der Waals surface area contributed by atoms with Crippen molar-refractivity contribution in [1.82, 2.24) is 5.32 Å². The molecule has 0 saturated heterocycles. The van der Waals surface area contributed by atoms with Crippen LogP contribution in [0, 0.1) is 11.7 Å². The van der Waals surface area contributed by atoms with E-state index in [-0.39, 0.29) is 5.02 Å². The van der Waals surface area contributed by atoms with E-state index in [0.29, 0.717) is 25.1 Å². The number of halogens is 2. The molecular weight excluding hydrogens is 287 g/mol. The van der Waals surface area contributed by atoms with Crippen LogP contribution in [0.5, 0.6) is 0 Å². The first-order valence-corrected chi connectivity index (χ1v) is 6.50. The van der Waals surface area contributed by atoms with Crippen LogP contribution in [0.15, 0.2) is 18.2 Å². The molecule has 3 N–H and O–H groups in total. The Morgan fingerprint density at radius 3 is 2.75 bits per heavy atom. The highest BCUT2D eigenvalue weighted by atomic mass is 35.5. The lowest BCUT2D eigenvalue weighted by Gasteiger charge is -2.09. The van der Waals surface area contributed by atoms with Gasteiger partial charge in [-0.15, -0.1) is 0 Å². The molecule has 0 heterocycles. The molecule has 110 valence electrons. The van der Waals surface area contributed by atoms with Crippen molar-refractivity contribution in [2.75, 3.05) is 11.9 Å². The molecule has 20 heavy (non-hydrogen) atoms. The molecule has 0 bridgehead atoms. The molecule has 1 rings (SSSR count). The molecule has 1 unspecified atom stereocenters. The SMILES string of the molecule is CC(CCCNC(=O)Nc1ccc(F)c(Cl)c1)C(=O)O. The second kappa shape index (κ2) is 7.69. The molecule has 0 aliphatic carbocycles. The third-order valence-electron chi connectivity index (χ3n) is 2.70.